The Morgan fingerprint density at radius 1 is 1.47 bits per heavy atom. The van der Waals surface area contributed by atoms with Crippen LogP contribution < -0.4 is 10.1 Å². The molecule has 0 bridgehead atoms. The Kier molecular flexibility index (Phi) is 3.18. The molecule has 17 heavy (non-hydrogen) atoms. The van der Waals surface area contributed by atoms with E-state index in [1.165, 1.54) is 7.11 Å². The Morgan fingerprint density at radius 2 is 2.29 bits per heavy atom. The molecule has 1 heterocycles. The molecular formula is C12H15N3O2. The fourth-order valence-corrected chi connectivity index (χ4v) is 1.63. The normalized spacial score (nSPS) is 12.1. The number of benzene rings is 1. The number of aromatic amines is 1. The molecule has 0 aliphatic rings. The van der Waals surface area contributed by atoms with Gasteiger partial charge in [0.2, 0.25) is 0 Å². The van der Waals surface area contributed by atoms with Gasteiger partial charge in [0.15, 0.2) is 11.5 Å². The smallest absolute Gasteiger partial charge is 0.160 e. The molecule has 1 atom stereocenters. The third kappa shape index (κ3) is 2.50. The van der Waals surface area contributed by atoms with E-state index in [1.54, 1.807) is 18.5 Å². The first kappa shape index (κ1) is 11.3. The summed E-state index contributed by atoms with van der Waals surface area (Å²) >= 11 is 0. The van der Waals surface area contributed by atoms with Crippen molar-refractivity contribution in [2.24, 2.45) is 0 Å². The molecule has 2 aromatic rings. The van der Waals surface area contributed by atoms with E-state index in [0.717, 1.165) is 11.3 Å². The van der Waals surface area contributed by atoms with Gasteiger partial charge in [-0.1, -0.05) is 6.07 Å². The Bertz CT molecular complexity index is 483. The third-order valence-corrected chi connectivity index (χ3v) is 2.59. The van der Waals surface area contributed by atoms with E-state index in [9.17, 15) is 5.11 Å². The van der Waals surface area contributed by atoms with Gasteiger partial charge >= 0.3 is 0 Å². The monoisotopic (exact) mass is 233 g/mol. The maximum absolute atomic E-state index is 9.51. The van der Waals surface area contributed by atoms with Crippen molar-refractivity contribution in [3.05, 3.63) is 36.2 Å². The second-order valence-corrected chi connectivity index (χ2v) is 3.78. The molecule has 0 saturated heterocycles. The number of aromatic nitrogens is 2. The van der Waals surface area contributed by atoms with Gasteiger partial charge in [0.25, 0.3) is 0 Å². The van der Waals surface area contributed by atoms with E-state index in [2.05, 4.69) is 15.5 Å². The summed E-state index contributed by atoms with van der Waals surface area (Å²) in [5.74, 6) is 0.620. The van der Waals surface area contributed by atoms with Crippen molar-refractivity contribution in [2.75, 3.05) is 12.4 Å². The summed E-state index contributed by atoms with van der Waals surface area (Å²) < 4.78 is 5.07. The molecule has 0 aliphatic carbocycles. The third-order valence-electron chi connectivity index (χ3n) is 2.59. The molecule has 0 saturated carbocycles. The summed E-state index contributed by atoms with van der Waals surface area (Å²) in [7, 11) is 1.53. The molecule has 0 amide bonds. The van der Waals surface area contributed by atoms with Gasteiger partial charge < -0.3 is 15.2 Å². The van der Waals surface area contributed by atoms with Crippen molar-refractivity contribution < 1.29 is 9.84 Å². The summed E-state index contributed by atoms with van der Waals surface area (Å²) in [6.07, 6.45) is 3.50. The lowest BCUT2D eigenvalue weighted by Crippen LogP contribution is -2.06. The SMILES string of the molecule is COc1cc(C(C)Nc2cn[nH]c2)ccc1O. The van der Waals surface area contributed by atoms with Crippen LogP contribution in [0, 0.1) is 0 Å². The van der Waals surface area contributed by atoms with Gasteiger partial charge in [0, 0.05) is 12.2 Å². The van der Waals surface area contributed by atoms with Gasteiger partial charge in [-0.15, -0.1) is 0 Å². The Morgan fingerprint density at radius 3 is 2.94 bits per heavy atom. The number of phenols is 1. The number of methoxy groups -OCH3 is 1. The first-order valence-corrected chi connectivity index (χ1v) is 5.33. The van der Waals surface area contributed by atoms with Crippen molar-refractivity contribution in [3.8, 4) is 11.5 Å². The van der Waals surface area contributed by atoms with Gasteiger partial charge in [-0.05, 0) is 24.6 Å². The molecule has 2 rings (SSSR count). The number of hydrogen-bond acceptors (Lipinski definition) is 4. The van der Waals surface area contributed by atoms with Crippen molar-refractivity contribution in [3.63, 3.8) is 0 Å². The van der Waals surface area contributed by atoms with Crippen LogP contribution in [0.5, 0.6) is 11.5 Å². The van der Waals surface area contributed by atoms with E-state index in [0.29, 0.717) is 5.75 Å². The Hall–Kier alpha value is -2.17. The Balaban J connectivity index is 2.16. The van der Waals surface area contributed by atoms with Crippen molar-refractivity contribution in [1.82, 2.24) is 10.2 Å². The maximum Gasteiger partial charge on any atom is 0.160 e. The first-order chi connectivity index (χ1) is 8.20. The summed E-state index contributed by atoms with van der Waals surface area (Å²) in [6, 6.07) is 5.40. The maximum atomic E-state index is 9.51. The molecule has 1 aromatic heterocycles. The predicted molar refractivity (Wildman–Crippen MR) is 65.3 cm³/mol. The number of rotatable bonds is 4. The van der Waals surface area contributed by atoms with Crippen LogP contribution in [-0.4, -0.2) is 22.4 Å². The number of anilines is 1. The van der Waals surface area contributed by atoms with Gasteiger partial charge in [-0.2, -0.15) is 5.10 Å². The molecule has 0 radical (unpaired) electrons. The number of nitrogens with zero attached hydrogens (tertiary/aromatic N) is 1. The van der Waals surface area contributed by atoms with Crippen LogP contribution in [0.2, 0.25) is 0 Å². The summed E-state index contributed by atoms with van der Waals surface area (Å²) in [5, 5.41) is 19.4. The summed E-state index contributed by atoms with van der Waals surface area (Å²) in [5.41, 5.74) is 1.95. The van der Waals surface area contributed by atoms with Crippen LogP contribution in [0.4, 0.5) is 5.69 Å². The van der Waals surface area contributed by atoms with E-state index in [4.69, 9.17) is 4.74 Å². The highest BCUT2D eigenvalue weighted by Crippen LogP contribution is 2.29. The molecule has 0 aliphatic heterocycles. The van der Waals surface area contributed by atoms with Crippen LogP contribution in [0.3, 0.4) is 0 Å². The number of phenolic OH excluding ortho intramolecular Hbond substituents is 1. The first-order valence-electron chi connectivity index (χ1n) is 5.33. The second-order valence-electron chi connectivity index (χ2n) is 3.78. The van der Waals surface area contributed by atoms with Crippen LogP contribution in [0.25, 0.3) is 0 Å². The highest BCUT2D eigenvalue weighted by Gasteiger charge is 2.09. The molecule has 0 fully saturated rings. The van der Waals surface area contributed by atoms with E-state index < -0.39 is 0 Å². The predicted octanol–water partition coefficient (Wildman–Crippen LogP) is 2.30. The summed E-state index contributed by atoms with van der Waals surface area (Å²) in [6.45, 7) is 2.03. The number of hydrogen-bond donors (Lipinski definition) is 3. The van der Waals surface area contributed by atoms with Crippen LogP contribution in [-0.2, 0) is 0 Å². The lowest BCUT2D eigenvalue weighted by Gasteiger charge is -2.15. The number of nitrogens with one attached hydrogen (secondary N) is 2. The van der Waals surface area contributed by atoms with Crippen LogP contribution in [0.1, 0.15) is 18.5 Å². The van der Waals surface area contributed by atoms with Gasteiger partial charge in [0.1, 0.15) is 0 Å². The molecule has 1 unspecified atom stereocenters. The minimum atomic E-state index is 0.0992. The fraction of sp³-hybridized carbons (Fsp3) is 0.250. The van der Waals surface area contributed by atoms with Crippen LogP contribution in [0.15, 0.2) is 30.6 Å². The minimum Gasteiger partial charge on any atom is -0.504 e. The molecule has 90 valence electrons. The van der Waals surface area contributed by atoms with Gasteiger partial charge in [-0.25, -0.2) is 0 Å². The molecule has 5 nitrogen and oxygen atoms in total. The average molecular weight is 233 g/mol. The lowest BCUT2D eigenvalue weighted by molar-refractivity contribution is 0.373. The Labute approximate surface area is 99.4 Å². The van der Waals surface area contributed by atoms with E-state index in [1.807, 2.05) is 19.1 Å². The zero-order valence-corrected chi connectivity index (χ0v) is 9.77. The zero-order chi connectivity index (χ0) is 12.3. The summed E-state index contributed by atoms with van der Waals surface area (Å²) in [4.78, 5) is 0. The number of aromatic hydroxyl groups is 1. The second kappa shape index (κ2) is 4.78. The molecule has 3 N–H and O–H groups in total. The molecular weight excluding hydrogens is 218 g/mol. The number of H-pyrrole nitrogens is 1. The van der Waals surface area contributed by atoms with Crippen molar-refractivity contribution >= 4 is 5.69 Å². The standard InChI is InChI=1S/C12H15N3O2/c1-8(15-10-6-13-14-7-10)9-3-4-11(16)12(5-9)17-2/h3-8,15-16H,1-2H3,(H,13,14). The highest BCUT2D eigenvalue weighted by molar-refractivity contribution is 5.46. The minimum absolute atomic E-state index is 0.0992. The van der Waals surface area contributed by atoms with Gasteiger partial charge in [0.05, 0.1) is 19.0 Å². The van der Waals surface area contributed by atoms with Crippen LogP contribution >= 0.6 is 0 Å². The van der Waals surface area contributed by atoms with Gasteiger partial charge in [-0.3, -0.25) is 5.10 Å². The highest BCUT2D eigenvalue weighted by atomic mass is 16.5. The number of ether oxygens (including phenoxy) is 1. The molecule has 0 spiro atoms. The quantitative estimate of drug-likeness (QED) is 0.757. The topological polar surface area (TPSA) is 70.2 Å². The molecule has 1 aromatic carbocycles. The lowest BCUT2D eigenvalue weighted by atomic mass is 10.1. The molecule has 5 heteroatoms. The van der Waals surface area contributed by atoms with Crippen molar-refractivity contribution in [2.45, 2.75) is 13.0 Å². The average Bonchev–Trinajstić information content (AvgIpc) is 2.82. The van der Waals surface area contributed by atoms with E-state index >= 15 is 0 Å². The van der Waals surface area contributed by atoms with Crippen molar-refractivity contribution in [1.29, 1.82) is 0 Å². The zero-order valence-electron chi connectivity index (χ0n) is 9.77. The largest absolute Gasteiger partial charge is 0.504 e. The fourth-order valence-electron chi connectivity index (χ4n) is 1.63. The van der Waals surface area contributed by atoms with E-state index in [-0.39, 0.29) is 11.8 Å².